The van der Waals surface area contributed by atoms with Gasteiger partial charge in [0.25, 0.3) is 0 Å². The van der Waals surface area contributed by atoms with Crippen LogP contribution in [0, 0.1) is 0 Å². The maximum Gasteiger partial charge on any atom is 0.0855 e. The van der Waals surface area contributed by atoms with Gasteiger partial charge < -0.3 is 9.84 Å². The highest BCUT2D eigenvalue weighted by Crippen LogP contribution is 2.37. The van der Waals surface area contributed by atoms with Crippen molar-refractivity contribution in [3.8, 4) is 0 Å². The second kappa shape index (κ2) is 6.37. The average molecular weight is 323 g/mol. The monoisotopic (exact) mass is 322 g/mol. The van der Waals surface area contributed by atoms with E-state index in [1.54, 1.807) is 18.2 Å². The molecule has 1 heterocycles. The van der Waals surface area contributed by atoms with Crippen molar-refractivity contribution in [2.24, 2.45) is 0 Å². The topological polar surface area (TPSA) is 29.5 Å². The van der Waals surface area contributed by atoms with E-state index in [0.29, 0.717) is 28.6 Å². The predicted octanol–water partition coefficient (Wildman–Crippen LogP) is 4.73. The van der Waals surface area contributed by atoms with E-state index >= 15 is 0 Å². The second-order valence-electron chi connectivity index (χ2n) is 5.20. The van der Waals surface area contributed by atoms with Crippen molar-refractivity contribution in [2.75, 3.05) is 6.61 Å². The van der Waals surface area contributed by atoms with Crippen LogP contribution in [0.15, 0.2) is 42.5 Å². The molecule has 0 fully saturated rings. The maximum absolute atomic E-state index is 10.5. The largest absolute Gasteiger partial charge is 0.388 e. The fourth-order valence-electron chi connectivity index (χ4n) is 2.78. The van der Waals surface area contributed by atoms with E-state index in [0.717, 1.165) is 12.0 Å². The Kier molecular flexibility index (Phi) is 4.51. The molecule has 1 N–H and O–H groups in total. The maximum atomic E-state index is 10.5. The number of benzene rings is 2. The smallest absolute Gasteiger partial charge is 0.0855 e. The molecule has 1 aliphatic heterocycles. The molecule has 2 aromatic carbocycles. The molecule has 0 bridgehead atoms. The molecule has 0 spiro atoms. The molecule has 2 atom stereocenters. The van der Waals surface area contributed by atoms with E-state index in [9.17, 15) is 5.11 Å². The third-order valence-corrected chi connectivity index (χ3v) is 4.70. The van der Waals surface area contributed by atoms with Gasteiger partial charge in [-0.15, -0.1) is 0 Å². The van der Waals surface area contributed by atoms with Gasteiger partial charge in [0, 0.05) is 12.0 Å². The number of aliphatic hydroxyl groups is 1. The number of rotatable bonds is 3. The zero-order chi connectivity index (χ0) is 14.8. The highest BCUT2D eigenvalue weighted by molar-refractivity contribution is 6.42. The lowest BCUT2D eigenvalue weighted by Crippen LogP contribution is -2.18. The number of hydrogen-bond donors (Lipinski definition) is 1. The third kappa shape index (κ3) is 3.09. The molecule has 2 unspecified atom stereocenters. The van der Waals surface area contributed by atoms with Gasteiger partial charge in [-0.1, -0.05) is 59.6 Å². The summed E-state index contributed by atoms with van der Waals surface area (Å²) in [6, 6.07) is 13.5. The van der Waals surface area contributed by atoms with E-state index in [-0.39, 0.29) is 6.10 Å². The second-order valence-corrected chi connectivity index (χ2v) is 5.99. The van der Waals surface area contributed by atoms with Crippen LogP contribution in [-0.2, 0) is 11.2 Å². The van der Waals surface area contributed by atoms with Crippen LogP contribution in [0.25, 0.3) is 0 Å². The van der Waals surface area contributed by atoms with Gasteiger partial charge in [0.1, 0.15) is 0 Å². The van der Waals surface area contributed by atoms with Gasteiger partial charge in [-0.3, -0.25) is 0 Å². The number of ether oxygens (including phenoxy) is 1. The molecule has 2 aromatic rings. The first-order chi connectivity index (χ1) is 10.2. The molecule has 0 amide bonds. The first kappa shape index (κ1) is 14.9. The highest BCUT2D eigenvalue weighted by Gasteiger charge is 2.25. The number of fused-ring (bicyclic) bond motifs is 1. The molecule has 21 heavy (non-hydrogen) atoms. The van der Waals surface area contributed by atoms with Crippen molar-refractivity contribution in [1.82, 2.24) is 0 Å². The Morgan fingerprint density at radius 2 is 1.95 bits per heavy atom. The number of hydrogen-bond acceptors (Lipinski definition) is 2. The van der Waals surface area contributed by atoms with Crippen LogP contribution in [0.2, 0.25) is 10.0 Å². The molecule has 4 heteroatoms. The van der Waals surface area contributed by atoms with Crippen LogP contribution in [0.1, 0.15) is 35.3 Å². The van der Waals surface area contributed by atoms with Crippen molar-refractivity contribution in [1.29, 1.82) is 0 Å². The summed E-state index contributed by atoms with van der Waals surface area (Å²) in [5, 5.41) is 11.3. The normalized spacial score (nSPS) is 19.1. The predicted molar refractivity (Wildman–Crippen MR) is 84.9 cm³/mol. The van der Waals surface area contributed by atoms with Crippen LogP contribution in [0.3, 0.4) is 0 Å². The van der Waals surface area contributed by atoms with Crippen molar-refractivity contribution in [3.05, 3.63) is 69.2 Å². The minimum atomic E-state index is -0.702. The summed E-state index contributed by atoms with van der Waals surface area (Å²) >= 11 is 12.2. The van der Waals surface area contributed by atoms with Crippen molar-refractivity contribution in [3.63, 3.8) is 0 Å². The summed E-state index contributed by atoms with van der Waals surface area (Å²) in [6.07, 6.45) is 0.574. The summed E-state index contributed by atoms with van der Waals surface area (Å²) in [6.45, 7) is 0.678. The van der Waals surface area contributed by atoms with Gasteiger partial charge in [-0.05, 0) is 23.6 Å². The van der Waals surface area contributed by atoms with Crippen molar-refractivity contribution >= 4 is 23.2 Å². The van der Waals surface area contributed by atoms with Gasteiger partial charge in [-0.2, -0.15) is 0 Å². The first-order valence-corrected chi connectivity index (χ1v) is 7.74. The van der Waals surface area contributed by atoms with Crippen molar-refractivity contribution < 1.29 is 9.84 Å². The van der Waals surface area contributed by atoms with E-state index < -0.39 is 6.10 Å². The van der Waals surface area contributed by atoms with Gasteiger partial charge in [0.05, 0.1) is 28.9 Å². The summed E-state index contributed by atoms with van der Waals surface area (Å²) in [5.41, 5.74) is 3.09. The summed E-state index contributed by atoms with van der Waals surface area (Å²) in [4.78, 5) is 0. The molecule has 0 saturated carbocycles. The van der Waals surface area contributed by atoms with Crippen LogP contribution in [-0.4, -0.2) is 11.7 Å². The highest BCUT2D eigenvalue weighted by atomic mass is 35.5. The summed E-state index contributed by atoms with van der Waals surface area (Å²) < 4.78 is 5.83. The molecule has 2 nitrogen and oxygen atoms in total. The quantitative estimate of drug-likeness (QED) is 0.885. The zero-order valence-electron chi connectivity index (χ0n) is 11.4. The summed E-state index contributed by atoms with van der Waals surface area (Å²) in [7, 11) is 0. The van der Waals surface area contributed by atoms with Crippen LogP contribution in [0.4, 0.5) is 0 Å². The van der Waals surface area contributed by atoms with Crippen LogP contribution < -0.4 is 0 Å². The Bertz CT molecular complexity index is 642. The Balaban J connectivity index is 1.83. The Labute approximate surface area is 134 Å². The minimum absolute atomic E-state index is 0.111. The summed E-state index contributed by atoms with van der Waals surface area (Å²) in [5.74, 6) is 0. The number of aliphatic hydroxyl groups excluding tert-OH is 1. The molecule has 0 aromatic heterocycles. The Hall–Kier alpha value is -1.06. The van der Waals surface area contributed by atoms with Crippen LogP contribution >= 0.6 is 23.2 Å². The fourth-order valence-corrected chi connectivity index (χ4v) is 3.21. The van der Waals surface area contributed by atoms with Gasteiger partial charge >= 0.3 is 0 Å². The number of halogens is 2. The molecule has 3 rings (SSSR count). The van der Waals surface area contributed by atoms with Gasteiger partial charge in [0.15, 0.2) is 0 Å². The molecule has 0 aliphatic carbocycles. The van der Waals surface area contributed by atoms with E-state index in [1.807, 2.05) is 12.1 Å². The SMILES string of the molecule is OC(CC1OCCc2ccccc21)c1cccc(Cl)c1Cl. The fraction of sp³-hybridized carbons (Fsp3) is 0.294. The van der Waals surface area contributed by atoms with Gasteiger partial charge in [0.2, 0.25) is 0 Å². The first-order valence-electron chi connectivity index (χ1n) is 6.98. The minimum Gasteiger partial charge on any atom is -0.388 e. The Morgan fingerprint density at radius 3 is 2.81 bits per heavy atom. The lowest BCUT2D eigenvalue weighted by atomic mass is 9.92. The standard InChI is InChI=1S/C17H16Cl2O2/c18-14-7-3-6-13(17(14)19)15(20)10-16-12-5-2-1-4-11(12)8-9-21-16/h1-7,15-16,20H,8-10H2. The van der Waals surface area contributed by atoms with E-state index in [2.05, 4.69) is 12.1 Å². The zero-order valence-corrected chi connectivity index (χ0v) is 12.9. The Morgan fingerprint density at radius 1 is 1.14 bits per heavy atom. The third-order valence-electron chi connectivity index (χ3n) is 3.87. The lowest BCUT2D eigenvalue weighted by Gasteiger charge is -2.28. The van der Waals surface area contributed by atoms with E-state index in [4.69, 9.17) is 27.9 Å². The lowest BCUT2D eigenvalue weighted by molar-refractivity contribution is 0.00380. The molecule has 0 radical (unpaired) electrons. The molecule has 1 aliphatic rings. The average Bonchev–Trinajstić information content (AvgIpc) is 2.50. The molecule has 0 saturated heterocycles. The molecular weight excluding hydrogens is 307 g/mol. The van der Waals surface area contributed by atoms with Gasteiger partial charge in [-0.25, -0.2) is 0 Å². The van der Waals surface area contributed by atoms with E-state index in [1.165, 1.54) is 5.56 Å². The molecular formula is C17H16Cl2O2. The molecule has 110 valence electrons. The van der Waals surface area contributed by atoms with Crippen molar-refractivity contribution in [2.45, 2.75) is 25.0 Å². The van der Waals surface area contributed by atoms with Crippen LogP contribution in [0.5, 0.6) is 0 Å².